The van der Waals surface area contributed by atoms with Gasteiger partial charge in [0.25, 0.3) is 0 Å². The molecule has 0 aromatic rings. The van der Waals surface area contributed by atoms with Crippen LogP contribution < -0.4 is 0 Å². The zero-order valence-electron chi connectivity index (χ0n) is 7.76. The number of aliphatic hydroxyl groups is 1. The average Bonchev–Trinajstić information content (AvgIpc) is 1.86. The van der Waals surface area contributed by atoms with Crippen LogP contribution in [0, 0.1) is 0 Å². The van der Waals surface area contributed by atoms with Crippen molar-refractivity contribution in [2.24, 2.45) is 4.99 Å². The molecule has 0 aromatic carbocycles. The van der Waals surface area contributed by atoms with Crippen molar-refractivity contribution >= 4 is 6.21 Å². The fourth-order valence-electron chi connectivity index (χ4n) is 0.880. The van der Waals surface area contributed by atoms with Gasteiger partial charge in [-0.3, -0.25) is 4.99 Å². The van der Waals surface area contributed by atoms with Crippen molar-refractivity contribution < 1.29 is 5.11 Å². The highest BCUT2D eigenvalue weighted by molar-refractivity contribution is 5.54. The minimum atomic E-state index is -0.269. The summed E-state index contributed by atoms with van der Waals surface area (Å²) in [4.78, 5) is 4.18. The summed E-state index contributed by atoms with van der Waals surface area (Å²) in [6, 6.07) is 0. The van der Waals surface area contributed by atoms with E-state index in [2.05, 4.69) is 4.99 Å². The largest absolute Gasteiger partial charge is 0.513 e. The van der Waals surface area contributed by atoms with E-state index in [1.54, 1.807) is 12.3 Å². The van der Waals surface area contributed by atoms with Crippen molar-refractivity contribution in [1.82, 2.24) is 0 Å². The van der Waals surface area contributed by atoms with Gasteiger partial charge < -0.3 is 5.11 Å². The molecule has 0 fully saturated rings. The van der Waals surface area contributed by atoms with Crippen molar-refractivity contribution in [2.75, 3.05) is 0 Å². The maximum absolute atomic E-state index is 9.21. The van der Waals surface area contributed by atoms with E-state index in [0.717, 1.165) is 0 Å². The molecule has 2 heteroatoms. The Bertz CT molecular complexity index is 168. The van der Waals surface area contributed by atoms with Gasteiger partial charge in [-0.05, 0) is 33.1 Å². The van der Waals surface area contributed by atoms with E-state index in [1.165, 1.54) is 0 Å². The van der Waals surface area contributed by atoms with E-state index in [0.29, 0.717) is 12.2 Å². The highest BCUT2D eigenvalue weighted by atomic mass is 16.3. The quantitative estimate of drug-likeness (QED) is 0.493. The highest BCUT2D eigenvalue weighted by Gasteiger charge is 2.11. The molecule has 0 heterocycles. The first-order valence-corrected chi connectivity index (χ1v) is 3.92. The summed E-state index contributed by atoms with van der Waals surface area (Å²) < 4.78 is 0. The number of nitrogens with zero attached hydrogens (tertiary/aromatic N) is 1. The zero-order chi connectivity index (χ0) is 8.91. The summed E-state index contributed by atoms with van der Waals surface area (Å²) >= 11 is 0. The molecule has 0 rings (SSSR count). The molecule has 0 unspecified atom stereocenters. The molecule has 11 heavy (non-hydrogen) atoms. The van der Waals surface area contributed by atoms with Gasteiger partial charge in [-0.25, -0.2) is 0 Å². The Labute approximate surface area is 68.7 Å². The highest BCUT2D eigenvalue weighted by Crippen LogP contribution is 2.13. The van der Waals surface area contributed by atoms with Gasteiger partial charge in [0.2, 0.25) is 0 Å². The normalized spacial score (nSPS) is 14.4. The van der Waals surface area contributed by atoms with E-state index in [-0.39, 0.29) is 5.54 Å². The molecule has 0 radical (unpaired) electrons. The lowest BCUT2D eigenvalue weighted by Gasteiger charge is -2.14. The number of hydrogen-bond donors (Lipinski definition) is 1. The molecule has 2 nitrogen and oxygen atoms in total. The third kappa shape index (κ3) is 4.59. The van der Waals surface area contributed by atoms with Crippen molar-refractivity contribution in [1.29, 1.82) is 0 Å². The van der Waals surface area contributed by atoms with Crippen LogP contribution in [0.4, 0.5) is 0 Å². The lowest BCUT2D eigenvalue weighted by molar-refractivity contribution is 0.384. The van der Waals surface area contributed by atoms with E-state index in [4.69, 9.17) is 0 Å². The molecule has 0 saturated heterocycles. The number of rotatable bonds is 3. The molecule has 0 saturated carbocycles. The van der Waals surface area contributed by atoms with Gasteiger partial charge >= 0.3 is 0 Å². The van der Waals surface area contributed by atoms with Gasteiger partial charge in [0, 0.05) is 6.42 Å². The van der Waals surface area contributed by atoms with Crippen molar-refractivity contribution in [3.8, 4) is 0 Å². The lowest BCUT2D eigenvalue weighted by atomic mass is 10.1. The second-order valence-electron chi connectivity index (χ2n) is 3.03. The predicted octanol–water partition coefficient (Wildman–Crippen LogP) is 2.71. The van der Waals surface area contributed by atoms with Crippen LogP contribution in [0.25, 0.3) is 0 Å². The molecular formula is C9H17NO. The summed E-state index contributed by atoms with van der Waals surface area (Å²) in [5, 5.41) is 9.21. The van der Waals surface area contributed by atoms with Gasteiger partial charge in [0.05, 0.1) is 11.3 Å². The molecule has 0 aliphatic heterocycles. The molecule has 0 atom stereocenters. The Hall–Kier alpha value is -0.790. The fourth-order valence-corrected chi connectivity index (χ4v) is 0.880. The molecule has 0 aliphatic rings. The average molecular weight is 155 g/mol. The van der Waals surface area contributed by atoms with Gasteiger partial charge in [-0.1, -0.05) is 6.92 Å². The van der Waals surface area contributed by atoms with Gasteiger partial charge in [-0.15, -0.1) is 0 Å². The Morgan fingerprint density at radius 3 is 2.45 bits per heavy atom. The first-order chi connectivity index (χ1) is 5.02. The molecule has 64 valence electrons. The minimum Gasteiger partial charge on any atom is -0.513 e. The van der Waals surface area contributed by atoms with Gasteiger partial charge in [0.15, 0.2) is 0 Å². The molecule has 0 aromatic heterocycles. The van der Waals surface area contributed by atoms with Crippen LogP contribution in [0.3, 0.4) is 0 Å². The summed E-state index contributed by atoms with van der Waals surface area (Å²) in [5.74, 6) is 0.403. The molecular weight excluding hydrogens is 138 g/mol. The molecule has 0 aliphatic carbocycles. The zero-order valence-corrected chi connectivity index (χ0v) is 7.76. The molecule has 0 amide bonds. The Morgan fingerprint density at radius 2 is 2.09 bits per heavy atom. The van der Waals surface area contributed by atoms with Crippen molar-refractivity contribution in [3.05, 3.63) is 11.8 Å². The predicted molar refractivity (Wildman–Crippen MR) is 49.2 cm³/mol. The van der Waals surface area contributed by atoms with E-state index in [1.807, 2.05) is 27.7 Å². The smallest absolute Gasteiger partial charge is 0.0903 e. The third-order valence-electron chi connectivity index (χ3n) is 1.34. The minimum absolute atomic E-state index is 0.269. The van der Waals surface area contributed by atoms with E-state index < -0.39 is 0 Å². The molecule has 0 bridgehead atoms. The second kappa shape index (κ2) is 4.16. The van der Waals surface area contributed by atoms with E-state index >= 15 is 0 Å². The maximum atomic E-state index is 9.21. The van der Waals surface area contributed by atoms with Crippen LogP contribution in [0.15, 0.2) is 16.8 Å². The summed E-state index contributed by atoms with van der Waals surface area (Å²) in [6.45, 7) is 7.70. The van der Waals surface area contributed by atoms with Gasteiger partial charge in [-0.2, -0.15) is 0 Å². The number of aliphatic imine (C=N–C) groups is 1. The van der Waals surface area contributed by atoms with Crippen molar-refractivity contribution in [3.63, 3.8) is 0 Å². The number of hydrogen-bond acceptors (Lipinski definition) is 2. The van der Waals surface area contributed by atoms with Crippen LogP contribution in [-0.4, -0.2) is 16.9 Å². The fraction of sp³-hybridized carbons (Fsp3) is 0.667. The van der Waals surface area contributed by atoms with Crippen LogP contribution in [-0.2, 0) is 0 Å². The Balaban J connectivity index is 4.32. The van der Waals surface area contributed by atoms with Crippen LogP contribution >= 0.6 is 0 Å². The summed E-state index contributed by atoms with van der Waals surface area (Å²) in [6.07, 6.45) is 4.19. The summed E-state index contributed by atoms with van der Waals surface area (Å²) in [7, 11) is 0. The Morgan fingerprint density at radius 1 is 1.55 bits per heavy atom. The second-order valence-corrected chi connectivity index (χ2v) is 3.03. The number of allylic oxidation sites excluding steroid dienone is 1. The first-order valence-electron chi connectivity index (χ1n) is 3.92. The van der Waals surface area contributed by atoms with Crippen LogP contribution in [0.1, 0.15) is 34.1 Å². The van der Waals surface area contributed by atoms with Crippen LogP contribution in [0.5, 0.6) is 0 Å². The first kappa shape index (κ1) is 10.2. The standard InChI is InChI=1S/C9H17NO/c1-5-8(11)7-9(3,4)10-6-2/h6-7,11H,5H2,1-4H3/b8-7+,10-6?. The van der Waals surface area contributed by atoms with Gasteiger partial charge in [0.1, 0.15) is 0 Å². The van der Waals surface area contributed by atoms with E-state index in [9.17, 15) is 5.11 Å². The SMILES string of the molecule is CC=NC(C)(C)/C=C(/O)CC. The third-order valence-corrected chi connectivity index (χ3v) is 1.34. The molecule has 1 N–H and O–H groups in total. The van der Waals surface area contributed by atoms with Crippen molar-refractivity contribution in [2.45, 2.75) is 39.7 Å². The summed E-state index contributed by atoms with van der Waals surface area (Å²) in [5.41, 5.74) is -0.269. The maximum Gasteiger partial charge on any atom is 0.0903 e. The topological polar surface area (TPSA) is 32.6 Å². The molecule has 0 spiro atoms. The number of aliphatic hydroxyl groups excluding tert-OH is 1. The Kier molecular flexibility index (Phi) is 3.86. The van der Waals surface area contributed by atoms with Crippen LogP contribution in [0.2, 0.25) is 0 Å². The lowest BCUT2D eigenvalue weighted by Crippen LogP contribution is -2.13. The monoisotopic (exact) mass is 155 g/mol.